The summed E-state index contributed by atoms with van der Waals surface area (Å²) in [6.07, 6.45) is 0. The quantitative estimate of drug-likeness (QED) is 0.102. The van der Waals surface area contributed by atoms with Crippen molar-refractivity contribution in [2.45, 2.75) is 0 Å². The molecule has 0 saturated heterocycles. The molecule has 3 aromatic heterocycles. The van der Waals surface area contributed by atoms with Gasteiger partial charge in [0, 0.05) is 83.7 Å². The van der Waals surface area contributed by atoms with E-state index < -0.39 is 0 Å². The van der Waals surface area contributed by atoms with Crippen molar-refractivity contribution < 1.29 is 0 Å². The van der Waals surface area contributed by atoms with Crippen LogP contribution in [0, 0.1) is 0 Å². The highest BCUT2D eigenvalue weighted by molar-refractivity contribution is 6.12. The van der Waals surface area contributed by atoms with Crippen molar-refractivity contribution in [2.75, 3.05) is 9.80 Å². The van der Waals surface area contributed by atoms with Crippen LogP contribution in [0.15, 0.2) is 382 Å². The van der Waals surface area contributed by atoms with E-state index in [9.17, 15) is 0 Å². The van der Waals surface area contributed by atoms with Gasteiger partial charge in [0.1, 0.15) is 0 Å². The van der Waals surface area contributed by atoms with E-state index in [0.29, 0.717) is 17.5 Å². The third kappa shape index (κ3) is 11.0. The molecule has 7 nitrogen and oxygen atoms in total. The van der Waals surface area contributed by atoms with E-state index in [-0.39, 0.29) is 0 Å². The Hall–Kier alpha value is -13.5. The fraction of sp³-hybridized carbons (Fsp3) is 0. The van der Waals surface area contributed by atoms with Crippen LogP contribution in [0.1, 0.15) is 0 Å². The van der Waals surface area contributed by atoms with Crippen LogP contribution >= 0.6 is 0 Å². The van der Waals surface area contributed by atoms with Crippen LogP contribution in [-0.4, -0.2) is 24.1 Å². The number of para-hydroxylation sites is 6. The zero-order chi connectivity index (χ0) is 66.3. The van der Waals surface area contributed by atoms with Crippen LogP contribution in [0.25, 0.3) is 134 Å². The number of aromatic nitrogens is 5. The average Bonchev–Trinajstić information content (AvgIpc) is 1.57. The summed E-state index contributed by atoms with van der Waals surface area (Å²) in [5.41, 5.74) is 24.3. The summed E-state index contributed by atoms with van der Waals surface area (Å²) in [5.74, 6) is 1.65. The first kappa shape index (κ1) is 59.0. The van der Waals surface area contributed by atoms with Gasteiger partial charge >= 0.3 is 0 Å². The second-order valence-corrected chi connectivity index (χ2v) is 25.2. The van der Waals surface area contributed by atoms with E-state index in [4.69, 9.17) is 15.0 Å². The van der Waals surface area contributed by atoms with Crippen molar-refractivity contribution in [3.8, 4) is 90.0 Å². The Kier molecular flexibility index (Phi) is 15.1. The summed E-state index contributed by atoms with van der Waals surface area (Å²) in [4.78, 5) is 21.2. The summed E-state index contributed by atoms with van der Waals surface area (Å²) in [5, 5.41) is 4.88. The lowest BCUT2D eigenvalue weighted by atomic mass is 9.94. The second kappa shape index (κ2) is 25.6. The zero-order valence-corrected chi connectivity index (χ0v) is 54.5. The van der Waals surface area contributed by atoms with Crippen molar-refractivity contribution in [3.05, 3.63) is 382 Å². The van der Waals surface area contributed by atoms with Crippen molar-refractivity contribution >= 4 is 77.7 Å². The molecule has 0 aliphatic heterocycles. The van der Waals surface area contributed by atoms with Gasteiger partial charge in [0.25, 0.3) is 0 Å². The van der Waals surface area contributed by atoms with Gasteiger partial charge in [0.2, 0.25) is 0 Å². The summed E-state index contributed by atoms with van der Waals surface area (Å²) >= 11 is 0. The molecule has 0 fully saturated rings. The number of nitrogens with zero attached hydrogens (tertiary/aromatic N) is 7. The fourth-order valence-corrected chi connectivity index (χ4v) is 14.4. The number of hydrogen-bond acceptors (Lipinski definition) is 5. The highest BCUT2D eigenvalue weighted by Crippen LogP contribution is 2.44. The molecule has 0 bridgehead atoms. The molecule has 18 rings (SSSR count). The summed E-state index contributed by atoms with van der Waals surface area (Å²) in [7, 11) is 0. The minimum absolute atomic E-state index is 0.544. The van der Waals surface area contributed by atoms with Gasteiger partial charge in [-0.3, -0.25) is 0 Å². The van der Waals surface area contributed by atoms with Crippen LogP contribution < -0.4 is 9.80 Å². The second-order valence-electron chi connectivity index (χ2n) is 25.2. The lowest BCUT2D eigenvalue weighted by molar-refractivity contribution is 1.07. The van der Waals surface area contributed by atoms with E-state index in [1.54, 1.807) is 0 Å². The highest BCUT2D eigenvalue weighted by atomic mass is 15.2. The van der Waals surface area contributed by atoms with Gasteiger partial charge in [-0.05, 0) is 184 Å². The topological polar surface area (TPSA) is 55.0 Å². The zero-order valence-electron chi connectivity index (χ0n) is 54.5. The first-order valence-corrected chi connectivity index (χ1v) is 33.9. The van der Waals surface area contributed by atoms with Gasteiger partial charge in [-0.2, -0.15) is 0 Å². The monoisotopic (exact) mass is 1280 g/mol. The molecule has 0 aliphatic carbocycles. The normalized spacial score (nSPS) is 11.4. The van der Waals surface area contributed by atoms with Gasteiger partial charge in [-0.15, -0.1) is 0 Å². The predicted molar refractivity (Wildman–Crippen MR) is 416 cm³/mol. The summed E-state index contributed by atoms with van der Waals surface area (Å²) in [6.45, 7) is 0. The molecule has 0 amide bonds. The molecule has 0 atom stereocenters. The Bertz CT molecular complexity index is 5690. The Morgan fingerprint density at radius 3 is 0.960 bits per heavy atom. The Balaban J connectivity index is 0.744. The smallest absolute Gasteiger partial charge is 0.164 e. The van der Waals surface area contributed by atoms with Crippen molar-refractivity contribution in [1.82, 2.24) is 24.1 Å². The maximum absolute atomic E-state index is 5.55. The molecular formula is C93H63N7. The standard InChI is InChI=1S/C93H63N7/c1-7-25-64(26-8-1)68-49-56-81(67-27-9-2-10-28-67)86(63-68)93-95-91(71-29-23-39-79(59-71)97(73-31-11-3-12-32-73)77-52-45-65(46-53-77)69-50-57-89-84(61-69)82-41-19-21-43-87(82)99(89)75-35-15-5-16-36-75)94-92(96-93)72-30-24-40-80(60-72)98(74-33-13-4-14-34-74)78-54-47-66(48-55-78)70-51-58-90-85(62-70)83-42-20-22-44-88(83)100(90)76-37-17-6-18-38-76/h1-63H. The number of anilines is 6. The average molecular weight is 1280 g/mol. The summed E-state index contributed by atoms with van der Waals surface area (Å²) in [6, 6.07) is 136. The highest BCUT2D eigenvalue weighted by Gasteiger charge is 2.23. The molecule has 0 spiro atoms. The number of benzene rings is 15. The van der Waals surface area contributed by atoms with E-state index >= 15 is 0 Å². The first-order chi connectivity index (χ1) is 49.6. The van der Waals surface area contributed by atoms with Crippen LogP contribution in [0.4, 0.5) is 34.1 Å². The largest absolute Gasteiger partial charge is 0.310 e. The van der Waals surface area contributed by atoms with E-state index in [1.165, 1.54) is 43.6 Å². The lowest BCUT2D eigenvalue weighted by Crippen LogP contribution is -2.10. The first-order valence-electron chi connectivity index (χ1n) is 33.9. The van der Waals surface area contributed by atoms with E-state index in [0.717, 1.165) is 107 Å². The molecule has 470 valence electrons. The van der Waals surface area contributed by atoms with E-state index in [2.05, 4.69) is 401 Å². The molecule has 0 radical (unpaired) electrons. The minimum atomic E-state index is 0.544. The van der Waals surface area contributed by atoms with Gasteiger partial charge in [0.05, 0.1) is 22.1 Å². The molecule has 7 heteroatoms. The Morgan fingerprint density at radius 2 is 0.500 bits per heavy atom. The molecule has 0 aliphatic rings. The third-order valence-corrected chi connectivity index (χ3v) is 19.1. The lowest BCUT2D eigenvalue weighted by Gasteiger charge is -2.26. The van der Waals surface area contributed by atoms with Gasteiger partial charge < -0.3 is 18.9 Å². The van der Waals surface area contributed by atoms with Crippen LogP contribution in [0.5, 0.6) is 0 Å². The Morgan fingerprint density at radius 1 is 0.180 bits per heavy atom. The molecule has 15 aromatic carbocycles. The summed E-state index contributed by atoms with van der Waals surface area (Å²) < 4.78 is 4.72. The maximum atomic E-state index is 5.55. The Labute approximate surface area is 580 Å². The van der Waals surface area contributed by atoms with Gasteiger partial charge in [-0.25, -0.2) is 15.0 Å². The van der Waals surface area contributed by atoms with Gasteiger partial charge in [0.15, 0.2) is 17.5 Å². The number of fused-ring (bicyclic) bond motifs is 6. The third-order valence-electron chi connectivity index (χ3n) is 19.1. The number of hydrogen-bond donors (Lipinski definition) is 0. The van der Waals surface area contributed by atoms with Crippen LogP contribution in [0.3, 0.4) is 0 Å². The van der Waals surface area contributed by atoms with E-state index in [1.807, 2.05) is 0 Å². The maximum Gasteiger partial charge on any atom is 0.164 e. The molecule has 0 unspecified atom stereocenters. The van der Waals surface area contributed by atoms with Crippen molar-refractivity contribution in [2.24, 2.45) is 0 Å². The van der Waals surface area contributed by atoms with Crippen molar-refractivity contribution in [3.63, 3.8) is 0 Å². The molecule has 18 aromatic rings. The van der Waals surface area contributed by atoms with Gasteiger partial charge in [-0.1, -0.05) is 243 Å². The minimum Gasteiger partial charge on any atom is -0.310 e. The van der Waals surface area contributed by atoms with Crippen LogP contribution in [-0.2, 0) is 0 Å². The predicted octanol–water partition coefficient (Wildman–Crippen LogP) is 24.7. The SMILES string of the molecule is c1ccc(-c2ccc(-c3ccccc3)c(-c3nc(-c4cccc(N(c5ccccc5)c5ccc(-c6ccc7c(c6)c6ccccc6n7-c6ccccc6)cc5)c4)nc(-c4cccc(N(c5ccccc5)c5ccc(-c6ccc7c(c6)c6ccccc6n7-c6ccccc6)cc5)c4)n3)c2)cc1. The fourth-order valence-electron chi connectivity index (χ4n) is 14.4. The molecule has 3 heterocycles. The number of rotatable bonds is 15. The van der Waals surface area contributed by atoms with Crippen LogP contribution in [0.2, 0.25) is 0 Å². The molecule has 0 saturated carbocycles. The molecular weight excluding hydrogens is 1220 g/mol. The molecule has 0 N–H and O–H groups in total. The molecule has 100 heavy (non-hydrogen) atoms. The van der Waals surface area contributed by atoms with Crippen molar-refractivity contribution in [1.29, 1.82) is 0 Å².